The molecule has 3 nitrogen and oxygen atoms in total. The van der Waals surface area contributed by atoms with Gasteiger partial charge in [0.1, 0.15) is 0 Å². The van der Waals surface area contributed by atoms with Gasteiger partial charge in [0.25, 0.3) is 0 Å². The number of carbonyl (C=O) groups is 1. The standard InChI is InChI=1S/C12H15NO2/c1-2-13-11-7-6-8-9(11)4-3-5-10(8)12(14)15/h3-5,11,13H,2,6-7H2,1H3,(H,14,15). The van der Waals surface area contributed by atoms with E-state index in [1.807, 2.05) is 12.1 Å². The predicted molar refractivity (Wildman–Crippen MR) is 58.1 cm³/mol. The van der Waals surface area contributed by atoms with Crippen molar-refractivity contribution < 1.29 is 9.90 Å². The summed E-state index contributed by atoms with van der Waals surface area (Å²) in [6.45, 7) is 2.99. The monoisotopic (exact) mass is 205 g/mol. The average molecular weight is 205 g/mol. The Morgan fingerprint density at radius 3 is 3.07 bits per heavy atom. The summed E-state index contributed by atoms with van der Waals surface area (Å²) in [6, 6.07) is 5.89. The van der Waals surface area contributed by atoms with Crippen LogP contribution in [-0.2, 0) is 6.42 Å². The van der Waals surface area contributed by atoms with E-state index in [2.05, 4.69) is 12.2 Å². The van der Waals surface area contributed by atoms with Crippen LogP contribution in [0.5, 0.6) is 0 Å². The summed E-state index contributed by atoms with van der Waals surface area (Å²) in [5.41, 5.74) is 2.64. The number of fused-ring (bicyclic) bond motifs is 1. The fraction of sp³-hybridized carbons (Fsp3) is 0.417. The lowest BCUT2D eigenvalue weighted by Gasteiger charge is -2.12. The molecule has 0 radical (unpaired) electrons. The Labute approximate surface area is 89.1 Å². The second-order valence-corrected chi connectivity index (χ2v) is 3.83. The van der Waals surface area contributed by atoms with Crippen molar-refractivity contribution in [2.75, 3.05) is 6.54 Å². The molecule has 3 heteroatoms. The zero-order valence-corrected chi connectivity index (χ0v) is 8.79. The minimum atomic E-state index is -0.816. The van der Waals surface area contributed by atoms with Crippen LogP contribution in [0.25, 0.3) is 0 Å². The van der Waals surface area contributed by atoms with Crippen molar-refractivity contribution in [2.24, 2.45) is 0 Å². The van der Waals surface area contributed by atoms with Gasteiger partial charge in [0.2, 0.25) is 0 Å². The first-order valence-corrected chi connectivity index (χ1v) is 5.32. The van der Waals surface area contributed by atoms with Crippen LogP contribution in [0, 0.1) is 0 Å². The molecule has 1 atom stereocenters. The molecule has 1 unspecified atom stereocenters. The van der Waals surface area contributed by atoms with Gasteiger partial charge in [0.15, 0.2) is 0 Å². The van der Waals surface area contributed by atoms with Crippen LogP contribution in [0.15, 0.2) is 18.2 Å². The molecule has 0 saturated heterocycles. The number of aromatic carboxylic acids is 1. The third kappa shape index (κ3) is 1.75. The van der Waals surface area contributed by atoms with Gasteiger partial charge in [0, 0.05) is 6.04 Å². The molecule has 0 aromatic heterocycles. The van der Waals surface area contributed by atoms with Gasteiger partial charge in [-0.05, 0) is 36.6 Å². The van der Waals surface area contributed by atoms with E-state index < -0.39 is 5.97 Å². The van der Waals surface area contributed by atoms with E-state index in [0.717, 1.165) is 30.5 Å². The molecule has 0 heterocycles. The number of carboxylic acids is 1. The first-order chi connectivity index (χ1) is 7.24. The molecule has 1 aliphatic carbocycles. The largest absolute Gasteiger partial charge is 0.478 e. The van der Waals surface area contributed by atoms with Crippen LogP contribution < -0.4 is 5.32 Å². The van der Waals surface area contributed by atoms with Crippen molar-refractivity contribution in [1.29, 1.82) is 0 Å². The minimum absolute atomic E-state index is 0.337. The quantitative estimate of drug-likeness (QED) is 0.793. The summed E-state index contributed by atoms with van der Waals surface area (Å²) in [6.07, 6.45) is 1.88. The van der Waals surface area contributed by atoms with Crippen LogP contribution >= 0.6 is 0 Å². The first-order valence-electron chi connectivity index (χ1n) is 5.32. The fourth-order valence-corrected chi connectivity index (χ4v) is 2.31. The highest BCUT2D eigenvalue weighted by Gasteiger charge is 2.25. The van der Waals surface area contributed by atoms with E-state index in [4.69, 9.17) is 5.11 Å². The minimum Gasteiger partial charge on any atom is -0.478 e. The van der Waals surface area contributed by atoms with Gasteiger partial charge in [-0.3, -0.25) is 0 Å². The van der Waals surface area contributed by atoms with E-state index in [1.165, 1.54) is 0 Å². The maximum Gasteiger partial charge on any atom is 0.335 e. The van der Waals surface area contributed by atoms with Crippen LogP contribution in [0.3, 0.4) is 0 Å². The number of hydrogen-bond acceptors (Lipinski definition) is 2. The lowest BCUT2D eigenvalue weighted by Crippen LogP contribution is -2.18. The zero-order chi connectivity index (χ0) is 10.8. The van der Waals surface area contributed by atoms with Crippen molar-refractivity contribution in [1.82, 2.24) is 5.32 Å². The number of carboxylic acid groups (broad SMARTS) is 1. The maximum absolute atomic E-state index is 11.0. The number of hydrogen-bond donors (Lipinski definition) is 2. The highest BCUT2D eigenvalue weighted by molar-refractivity contribution is 5.90. The Balaban J connectivity index is 2.39. The third-order valence-electron chi connectivity index (χ3n) is 2.95. The van der Waals surface area contributed by atoms with Crippen LogP contribution in [0.2, 0.25) is 0 Å². The van der Waals surface area contributed by atoms with Gasteiger partial charge in [-0.1, -0.05) is 19.1 Å². The van der Waals surface area contributed by atoms with E-state index in [0.29, 0.717) is 11.6 Å². The van der Waals surface area contributed by atoms with Gasteiger partial charge in [-0.15, -0.1) is 0 Å². The normalized spacial score (nSPS) is 18.9. The summed E-state index contributed by atoms with van der Waals surface area (Å²) in [5.74, 6) is -0.816. The molecule has 1 aromatic rings. The molecule has 1 aliphatic rings. The smallest absolute Gasteiger partial charge is 0.335 e. The summed E-state index contributed by atoms with van der Waals surface area (Å²) >= 11 is 0. The van der Waals surface area contributed by atoms with E-state index >= 15 is 0 Å². The third-order valence-corrected chi connectivity index (χ3v) is 2.95. The molecular weight excluding hydrogens is 190 g/mol. The van der Waals surface area contributed by atoms with Gasteiger partial charge in [-0.2, -0.15) is 0 Å². The number of benzene rings is 1. The lowest BCUT2D eigenvalue weighted by molar-refractivity contribution is 0.0696. The van der Waals surface area contributed by atoms with Crippen molar-refractivity contribution in [3.05, 3.63) is 34.9 Å². The molecule has 0 fully saturated rings. The first kappa shape index (κ1) is 10.2. The van der Waals surface area contributed by atoms with E-state index in [-0.39, 0.29) is 0 Å². The summed E-state index contributed by atoms with van der Waals surface area (Å²) < 4.78 is 0. The molecular formula is C12H15NO2. The van der Waals surface area contributed by atoms with Gasteiger partial charge in [-0.25, -0.2) is 4.79 Å². The molecule has 1 aromatic carbocycles. The average Bonchev–Trinajstić information content (AvgIpc) is 2.62. The Morgan fingerprint density at radius 2 is 2.40 bits per heavy atom. The van der Waals surface area contributed by atoms with Crippen molar-refractivity contribution in [3.63, 3.8) is 0 Å². The Morgan fingerprint density at radius 1 is 1.60 bits per heavy atom. The van der Waals surface area contributed by atoms with Gasteiger partial charge < -0.3 is 10.4 Å². The van der Waals surface area contributed by atoms with Gasteiger partial charge in [0.05, 0.1) is 5.56 Å². The SMILES string of the molecule is CCNC1CCc2c(C(=O)O)cccc21. The van der Waals surface area contributed by atoms with E-state index in [9.17, 15) is 4.79 Å². The Kier molecular flexibility index (Phi) is 2.73. The molecule has 0 saturated carbocycles. The topological polar surface area (TPSA) is 49.3 Å². The second-order valence-electron chi connectivity index (χ2n) is 3.83. The fourth-order valence-electron chi connectivity index (χ4n) is 2.31. The molecule has 0 spiro atoms. The molecule has 0 bridgehead atoms. The number of rotatable bonds is 3. The molecule has 15 heavy (non-hydrogen) atoms. The van der Waals surface area contributed by atoms with Crippen molar-refractivity contribution in [3.8, 4) is 0 Å². The van der Waals surface area contributed by atoms with Gasteiger partial charge >= 0.3 is 5.97 Å². The molecule has 2 N–H and O–H groups in total. The highest BCUT2D eigenvalue weighted by atomic mass is 16.4. The second kappa shape index (κ2) is 4.03. The number of nitrogens with one attached hydrogen (secondary N) is 1. The summed E-state index contributed by atoms with van der Waals surface area (Å²) in [5, 5.41) is 12.4. The lowest BCUT2D eigenvalue weighted by atomic mass is 10.0. The molecule has 0 amide bonds. The Hall–Kier alpha value is -1.35. The van der Waals surface area contributed by atoms with Crippen LogP contribution in [0.4, 0.5) is 0 Å². The summed E-state index contributed by atoms with van der Waals surface area (Å²) in [4.78, 5) is 11.0. The van der Waals surface area contributed by atoms with Crippen LogP contribution in [0.1, 0.15) is 40.9 Å². The summed E-state index contributed by atoms with van der Waals surface area (Å²) in [7, 11) is 0. The van der Waals surface area contributed by atoms with Crippen molar-refractivity contribution in [2.45, 2.75) is 25.8 Å². The molecule has 0 aliphatic heterocycles. The Bertz CT molecular complexity index is 387. The molecule has 2 rings (SSSR count). The predicted octanol–water partition coefficient (Wildman–Crippen LogP) is 1.98. The molecule has 80 valence electrons. The zero-order valence-electron chi connectivity index (χ0n) is 8.79. The van der Waals surface area contributed by atoms with E-state index in [1.54, 1.807) is 6.07 Å². The van der Waals surface area contributed by atoms with Crippen molar-refractivity contribution >= 4 is 5.97 Å². The maximum atomic E-state index is 11.0. The highest BCUT2D eigenvalue weighted by Crippen LogP contribution is 2.33. The van der Waals surface area contributed by atoms with Crippen LogP contribution in [-0.4, -0.2) is 17.6 Å².